The fourth-order valence-electron chi connectivity index (χ4n) is 4.70. The van der Waals surface area contributed by atoms with E-state index in [1.54, 1.807) is 42.9 Å². The molecule has 4 N–H and O–H groups in total. The van der Waals surface area contributed by atoms with Gasteiger partial charge in [-0.3, -0.25) is 14.6 Å². The van der Waals surface area contributed by atoms with E-state index in [9.17, 15) is 14.0 Å². The van der Waals surface area contributed by atoms with Crippen molar-refractivity contribution in [2.45, 2.75) is 51.1 Å². The number of hydrogen-bond acceptors (Lipinski definition) is 7. The number of amides is 1. The van der Waals surface area contributed by atoms with Crippen molar-refractivity contribution in [2.75, 3.05) is 25.6 Å². The number of halogens is 1. The van der Waals surface area contributed by atoms with Crippen LogP contribution in [0.4, 0.5) is 15.9 Å². The number of anilines is 1. The van der Waals surface area contributed by atoms with Gasteiger partial charge in [0, 0.05) is 61.4 Å². The molecule has 3 aromatic rings. The number of nitrogens with zero attached hydrogens (tertiary/aromatic N) is 3. The Hall–Kier alpha value is -4.15. The first-order valence-corrected chi connectivity index (χ1v) is 13.9. The average Bonchev–Trinajstić information content (AvgIpc) is 3.86. The molecule has 2 aliphatic rings. The van der Waals surface area contributed by atoms with E-state index < -0.39 is 11.7 Å². The third-order valence-corrected chi connectivity index (χ3v) is 7.08. The molecule has 0 saturated heterocycles. The standard InChI is InChI=1S/C31H35FN6O3/c1-19(9-10-33)35-28-16-23(32)5-8-25(28)22-14-27(21-3-4-21)36-29(15-22)37-30(39)26-13-20(17-34-11-12-41-2)18-38(31(26)40)24-6-7-24/h5,8-10,13-16,18,21,24,34H,3-4,6-7,11-12,17,33H2,1-2H3,(H,36,37,39)/b10-9-,35-19?. The number of carbonyl (C=O) groups excluding carboxylic acids is 1. The van der Waals surface area contributed by atoms with Gasteiger partial charge in [0.05, 0.1) is 12.3 Å². The largest absolute Gasteiger partial charge is 0.405 e. The molecule has 2 aromatic heterocycles. The quantitative estimate of drug-likeness (QED) is 0.216. The first-order chi connectivity index (χ1) is 19.9. The van der Waals surface area contributed by atoms with Crippen LogP contribution in [0.1, 0.15) is 66.2 Å². The minimum atomic E-state index is -0.518. The van der Waals surface area contributed by atoms with Gasteiger partial charge in [0.25, 0.3) is 11.5 Å². The van der Waals surface area contributed by atoms with Crippen LogP contribution in [0.15, 0.2) is 64.7 Å². The zero-order chi connectivity index (χ0) is 28.9. The Balaban J connectivity index is 1.49. The van der Waals surface area contributed by atoms with E-state index in [0.717, 1.165) is 42.5 Å². The van der Waals surface area contributed by atoms with Gasteiger partial charge in [-0.05, 0) is 86.3 Å². The highest BCUT2D eigenvalue weighted by atomic mass is 19.1. The van der Waals surface area contributed by atoms with E-state index in [1.807, 2.05) is 12.3 Å². The van der Waals surface area contributed by atoms with Gasteiger partial charge in [0.1, 0.15) is 17.2 Å². The molecular formula is C31H35FN6O3. The summed E-state index contributed by atoms with van der Waals surface area (Å²) in [6.45, 7) is 3.49. The van der Waals surface area contributed by atoms with Crippen LogP contribution in [0.5, 0.6) is 0 Å². The molecule has 2 saturated carbocycles. The number of benzene rings is 1. The molecule has 2 heterocycles. The van der Waals surface area contributed by atoms with Gasteiger partial charge in [-0.2, -0.15) is 0 Å². The third-order valence-electron chi connectivity index (χ3n) is 7.08. The summed E-state index contributed by atoms with van der Waals surface area (Å²) in [5.41, 5.74) is 9.42. The number of nitrogens with one attached hydrogen (secondary N) is 2. The maximum atomic E-state index is 14.2. The van der Waals surface area contributed by atoms with Gasteiger partial charge in [0.2, 0.25) is 0 Å². The first kappa shape index (κ1) is 28.4. The molecule has 0 spiro atoms. The van der Waals surface area contributed by atoms with E-state index in [-0.39, 0.29) is 23.1 Å². The van der Waals surface area contributed by atoms with Crippen molar-refractivity contribution in [1.29, 1.82) is 0 Å². The fraction of sp³-hybridized carbons (Fsp3) is 0.355. The van der Waals surface area contributed by atoms with Crippen molar-refractivity contribution in [1.82, 2.24) is 14.9 Å². The summed E-state index contributed by atoms with van der Waals surface area (Å²) in [4.78, 5) is 36.1. The van der Waals surface area contributed by atoms with Crippen LogP contribution < -0.4 is 21.9 Å². The summed E-state index contributed by atoms with van der Waals surface area (Å²) in [5, 5.41) is 6.15. The number of carbonyl (C=O) groups is 1. The molecule has 214 valence electrons. The third kappa shape index (κ3) is 7.14. The zero-order valence-electron chi connectivity index (χ0n) is 23.3. The van der Waals surface area contributed by atoms with Gasteiger partial charge >= 0.3 is 0 Å². The number of ether oxygens (including phenoxy) is 1. The number of hydrogen-bond donors (Lipinski definition) is 3. The fourth-order valence-corrected chi connectivity index (χ4v) is 4.70. The van der Waals surface area contributed by atoms with Crippen LogP contribution in [0, 0.1) is 5.82 Å². The van der Waals surface area contributed by atoms with Crippen molar-refractivity contribution in [3.8, 4) is 11.1 Å². The van der Waals surface area contributed by atoms with Gasteiger partial charge in [0.15, 0.2) is 0 Å². The highest BCUT2D eigenvalue weighted by molar-refractivity contribution is 6.04. The van der Waals surface area contributed by atoms with Crippen LogP contribution in [0.2, 0.25) is 0 Å². The smallest absolute Gasteiger partial charge is 0.263 e. The van der Waals surface area contributed by atoms with E-state index in [4.69, 9.17) is 15.5 Å². The zero-order valence-corrected chi connectivity index (χ0v) is 23.3. The van der Waals surface area contributed by atoms with Crippen molar-refractivity contribution >= 4 is 23.1 Å². The molecule has 9 nitrogen and oxygen atoms in total. The molecule has 0 aliphatic heterocycles. The number of methoxy groups -OCH3 is 1. The predicted molar refractivity (Wildman–Crippen MR) is 158 cm³/mol. The SMILES string of the molecule is COCCNCc1cc(C(=O)Nc2cc(-c3ccc(F)cc3N=C(C)/C=C\N)cc(C3CC3)n2)c(=O)n(C2CC2)c1. The van der Waals surface area contributed by atoms with Gasteiger partial charge in [-0.1, -0.05) is 0 Å². The summed E-state index contributed by atoms with van der Waals surface area (Å²) in [7, 11) is 1.64. The summed E-state index contributed by atoms with van der Waals surface area (Å²) >= 11 is 0. The lowest BCUT2D eigenvalue weighted by Crippen LogP contribution is -2.30. The number of aromatic nitrogens is 2. The predicted octanol–water partition coefficient (Wildman–Crippen LogP) is 4.81. The second kappa shape index (κ2) is 12.6. The number of allylic oxidation sites excluding steroid dienone is 1. The monoisotopic (exact) mass is 558 g/mol. The molecule has 1 aromatic carbocycles. The number of nitrogens with two attached hydrogens (primary N) is 1. The summed E-state index contributed by atoms with van der Waals surface area (Å²) in [5.74, 6) is -0.317. The maximum Gasteiger partial charge on any atom is 0.263 e. The van der Waals surface area contributed by atoms with Gasteiger partial charge in [-0.25, -0.2) is 9.37 Å². The topological polar surface area (TPSA) is 124 Å². The van der Waals surface area contributed by atoms with Crippen LogP contribution in [-0.2, 0) is 11.3 Å². The minimum absolute atomic E-state index is 0.0689. The van der Waals surface area contributed by atoms with Crippen LogP contribution >= 0.6 is 0 Å². The van der Waals surface area contributed by atoms with Crippen molar-refractivity contribution in [2.24, 2.45) is 10.7 Å². The maximum absolute atomic E-state index is 14.2. The molecule has 5 rings (SSSR count). The molecular weight excluding hydrogens is 523 g/mol. The molecule has 10 heteroatoms. The highest BCUT2D eigenvalue weighted by Gasteiger charge is 2.28. The van der Waals surface area contributed by atoms with Crippen LogP contribution in [0.25, 0.3) is 11.1 Å². The number of aliphatic imine (C=N–C) groups is 1. The Morgan fingerprint density at radius 1 is 1.22 bits per heavy atom. The molecule has 41 heavy (non-hydrogen) atoms. The highest BCUT2D eigenvalue weighted by Crippen LogP contribution is 2.42. The number of rotatable bonds is 12. The molecule has 1 amide bonds. The van der Waals surface area contributed by atoms with Gasteiger partial charge < -0.3 is 25.7 Å². The summed E-state index contributed by atoms with van der Waals surface area (Å²) in [6.07, 6.45) is 8.69. The summed E-state index contributed by atoms with van der Waals surface area (Å²) < 4.78 is 21.0. The lowest BCUT2D eigenvalue weighted by molar-refractivity contribution is 0.102. The van der Waals surface area contributed by atoms with E-state index in [2.05, 4.69) is 15.6 Å². The minimum Gasteiger partial charge on any atom is -0.405 e. The van der Waals surface area contributed by atoms with Crippen LogP contribution in [0.3, 0.4) is 0 Å². The average molecular weight is 559 g/mol. The normalized spacial score (nSPS) is 15.4. The van der Waals surface area contributed by atoms with Crippen LogP contribution in [-0.4, -0.2) is 41.4 Å². The lowest BCUT2D eigenvalue weighted by atomic mass is 10.0. The molecule has 2 fully saturated rings. The van der Waals surface area contributed by atoms with Gasteiger partial charge in [-0.15, -0.1) is 0 Å². The number of pyridine rings is 2. The van der Waals surface area contributed by atoms with E-state index in [0.29, 0.717) is 42.5 Å². The molecule has 0 radical (unpaired) electrons. The second-order valence-electron chi connectivity index (χ2n) is 10.5. The Labute approximate surface area is 238 Å². The van der Waals surface area contributed by atoms with Crippen molar-refractivity contribution in [3.63, 3.8) is 0 Å². The molecule has 0 unspecified atom stereocenters. The van der Waals surface area contributed by atoms with E-state index >= 15 is 0 Å². The van der Waals surface area contributed by atoms with Crippen molar-refractivity contribution in [3.05, 3.63) is 87.9 Å². The Kier molecular flexibility index (Phi) is 8.70. The first-order valence-electron chi connectivity index (χ1n) is 13.9. The molecule has 2 aliphatic carbocycles. The Bertz CT molecular complexity index is 1560. The molecule has 0 bridgehead atoms. The Morgan fingerprint density at radius 2 is 2.02 bits per heavy atom. The summed E-state index contributed by atoms with van der Waals surface area (Å²) in [6, 6.07) is 9.86. The van der Waals surface area contributed by atoms with E-state index in [1.165, 1.54) is 18.3 Å². The van der Waals surface area contributed by atoms with Crippen molar-refractivity contribution < 1.29 is 13.9 Å². The molecule has 0 atom stereocenters. The Morgan fingerprint density at radius 3 is 2.73 bits per heavy atom. The second-order valence-corrected chi connectivity index (χ2v) is 10.5. The lowest BCUT2D eigenvalue weighted by Gasteiger charge is -2.14.